The van der Waals surface area contributed by atoms with Crippen molar-refractivity contribution < 1.29 is 9.53 Å². The van der Waals surface area contributed by atoms with Gasteiger partial charge in [-0.1, -0.05) is 18.2 Å². The largest absolute Gasteiger partial charge is 0.465 e. The summed E-state index contributed by atoms with van der Waals surface area (Å²) in [5.74, 6) is -0.139. The standard InChI is InChI=1S/C18H23N5O2/c1-2-25-17(24)15(20)13-9-8-11-10-21-18(23-16(11)14(13)19)22-12-6-4-3-5-7-12/h3-7,10,13-15H,2,8-9,19-20H2,1H3,(H,21,22,23). The molecular weight excluding hydrogens is 318 g/mol. The van der Waals surface area contributed by atoms with Crippen molar-refractivity contribution in [3.05, 3.63) is 47.8 Å². The van der Waals surface area contributed by atoms with Gasteiger partial charge in [-0.3, -0.25) is 4.79 Å². The average Bonchev–Trinajstić information content (AvgIpc) is 2.63. The third-order valence-electron chi connectivity index (χ3n) is 4.47. The van der Waals surface area contributed by atoms with Crippen molar-refractivity contribution in [1.82, 2.24) is 9.97 Å². The third kappa shape index (κ3) is 3.78. The molecule has 1 aliphatic carbocycles. The first-order valence-electron chi connectivity index (χ1n) is 8.45. The van der Waals surface area contributed by atoms with Gasteiger partial charge in [-0.15, -0.1) is 0 Å². The molecule has 25 heavy (non-hydrogen) atoms. The molecule has 3 atom stereocenters. The number of aromatic nitrogens is 2. The van der Waals surface area contributed by atoms with Gasteiger partial charge in [0, 0.05) is 17.8 Å². The lowest BCUT2D eigenvalue weighted by molar-refractivity contribution is -0.146. The fraction of sp³-hybridized carbons (Fsp3) is 0.389. The number of anilines is 2. The molecule has 132 valence electrons. The summed E-state index contributed by atoms with van der Waals surface area (Å²) in [5, 5.41) is 3.16. The number of fused-ring (bicyclic) bond motifs is 1. The Bertz CT molecular complexity index is 738. The summed E-state index contributed by atoms with van der Waals surface area (Å²) in [6.07, 6.45) is 3.25. The highest BCUT2D eigenvalue weighted by Gasteiger charge is 2.36. The molecule has 0 saturated carbocycles. The minimum Gasteiger partial charge on any atom is -0.465 e. The zero-order valence-corrected chi connectivity index (χ0v) is 14.2. The topological polar surface area (TPSA) is 116 Å². The van der Waals surface area contributed by atoms with Crippen LogP contribution in [-0.2, 0) is 16.0 Å². The molecule has 1 aliphatic rings. The maximum atomic E-state index is 12.0. The minimum absolute atomic E-state index is 0.203. The van der Waals surface area contributed by atoms with Crippen LogP contribution in [0.5, 0.6) is 0 Å². The number of ether oxygens (including phenoxy) is 1. The van der Waals surface area contributed by atoms with Crippen molar-refractivity contribution in [3.63, 3.8) is 0 Å². The molecule has 0 radical (unpaired) electrons. The molecule has 5 N–H and O–H groups in total. The maximum absolute atomic E-state index is 12.0. The molecule has 0 saturated heterocycles. The zero-order valence-electron chi connectivity index (χ0n) is 14.2. The van der Waals surface area contributed by atoms with Gasteiger partial charge in [-0.05, 0) is 37.5 Å². The number of nitrogens with one attached hydrogen (secondary N) is 1. The number of para-hydroxylation sites is 1. The lowest BCUT2D eigenvalue weighted by Gasteiger charge is -2.32. The molecule has 0 aliphatic heterocycles. The molecule has 3 unspecified atom stereocenters. The van der Waals surface area contributed by atoms with Crippen molar-refractivity contribution in [1.29, 1.82) is 0 Å². The first-order valence-corrected chi connectivity index (χ1v) is 8.45. The van der Waals surface area contributed by atoms with Gasteiger partial charge in [0.25, 0.3) is 0 Å². The van der Waals surface area contributed by atoms with Gasteiger partial charge < -0.3 is 21.5 Å². The number of esters is 1. The van der Waals surface area contributed by atoms with E-state index in [1.807, 2.05) is 30.3 Å². The van der Waals surface area contributed by atoms with Crippen LogP contribution < -0.4 is 16.8 Å². The van der Waals surface area contributed by atoms with E-state index in [2.05, 4.69) is 15.3 Å². The average molecular weight is 341 g/mol. The van der Waals surface area contributed by atoms with Gasteiger partial charge >= 0.3 is 5.97 Å². The first-order chi connectivity index (χ1) is 12.1. The monoisotopic (exact) mass is 341 g/mol. The maximum Gasteiger partial charge on any atom is 0.323 e. The van der Waals surface area contributed by atoms with Crippen molar-refractivity contribution in [2.75, 3.05) is 11.9 Å². The molecule has 1 aromatic carbocycles. The lowest BCUT2D eigenvalue weighted by Crippen LogP contribution is -2.46. The Morgan fingerprint density at radius 1 is 1.40 bits per heavy atom. The molecule has 2 aromatic rings. The van der Waals surface area contributed by atoms with E-state index in [0.29, 0.717) is 19.0 Å². The van der Waals surface area contributed by atoms with Crippen molar-refractivity contribution >= 4 is 17.6 Å². The summed E-state index contributed by atoms with van der Waals surface area (Å²) < 4.78 is 5.03. The van der Waals surface area contributed by atoms with Crippen molar-refractivity contribution in [2.24, 2.45) is 17.4 Å². The number of hydrogen-bond donors (Lipinski definition) is 3. The van der Waals surface area contributed by atoms with Crippen LogP contribution in [0.3, 0.4) is 0 Å². The summed E-state index contributed by atoms with van der Waals surface area (Å²) in [6, 6.07) is 8.49. The normalized spacial score (nSPS) is 20.4. The Balaban J connectivity index is 1.80. The second-order valence-corrected chi connectivity index (χ2v) is 6.10. The van der Waals surface area contributed by atoms with Gasteiger partial charge in [0.15, 0.2) is 0 Å². The van der Waals surface area contributed by atoms with Crippen molar-refractivity contribution in [2.45, 2.75) is 31.8 Å². The summed E-state index contributed by atoms with van der Waals surface area (Å²) in [4.78, 5) is 20.9. The molecule has 0 spiro atoms. The Morgan fingerprint density at radius 2 is 2.16 bits per heavy atom. The van der Waals surface area contributed by atoms with E-state index >= 15 is 0 Å². The summed E-state index contributed by atoms with van der Waals surface area (Å²) in [5.41, 5.74) is 15.1. The highest BCUT2D eigenvalue weighted by Crippen LogP contribution is 2.33. The number of carbonyl (C=O) groups excluding carboxylic acids is 1. The number of benzene rings is 1. The van der Waals surface area contributed by atoms with Crippen LogP contribution in [0.25, 0.3) is 0 Å². The Hall–Kier alpha value is -2.51. The van der Waals surface area contributed by atoms with E-state index in [4.69, 9.17) is 16.2 Å². The van der Waals surface area contributed by atoms with Crippen LogP contribution in [0.4, 0.5) is 11.6 Å². The van der Waals surface area contributed by atoms with Crippen LogP contribution in [0.1, 0.15) is 30.6 Å². The van der Waals surface area contributed by atoms with Crippen LogP contribution in [0, 0.1) is 5.92 Å². The number of carbonyl (C=O) groups is 1. The van der Waals surface area contributed by atoms with Crippen LogP contribution in [0.15, 0.2) is 36.5 Å². The highest BCUT2D eigenvalue weighted by atomic mass is 16.5. The highest BCUT2D eigenvalue weighted by molar-refractivity contribution is 5.76. The van der Waals surface area contributed by atoms with E-state index in [9.17, 15) is 4.79 Å². The third-order valence-corrected chi connectivity index (χ3v) is 4.47. The Kier molecular flexibility index (Phi) is 5.25. The Morgan fingerprint density at radius 3 is 2.88 bits per heavy atom. The molecule has 1 aromatic heterocycles. The second-order valence-electron chi connectivity index (χ2n) is 6.10. The molecular formula is C18H23N5O2. The van der Waals surface area contributed by atoms with Crippen LogP contribution >= 0.6 is 0 Å². The SMILES string of the molecule is CCOC(=O)C(N)C1CCc2cnc(Nc3ccccc3)nc2C1N. The van der Waals surface area contributed by atoms with Gasteiger partial charge in [-0.2, -0.15) is 0 Å². The predicted molar refractivity (Wildman–Crippen MR) is 95.1 cm³/mol. The minimum atomic E-state index is -0.747. The van der Waals surface area contributed by atoms with E-state index in [1.54, 1.807) is 13.1 Å². The molecule has 1 heterocycles. The molecule has 0 amide bonds. The van der Waals surface area contributed by atoms with E-state index in [1.165, 1.54) is 0 Å². The van der Waals surface area contributed by atoms with Gasteiger partial charge in [-0.25, -0.2) is 9.97 Å². The molecule has 0 bridgehead atoms. The molecule has 0 fully saturated rings. The quantitative estimate of drug-likeness (QED) is 0.708. The summed E-state index contributed by atoms with van der Waals surface area (Å²) >= 11 is 0. The second kappa shape index (κ2) is 7.58. The summed E-state index contributed by atoms with van der Waals surface area (Å²) in [6.45, 7) is 2.06. The van der Waals surface area contributed by atoms with E-state index in [0.717, 1.165) is 23.4 Å². The molecule has 7 nitrogen and oxygen atoms in total. The first kappa shape index (κ1) is 17.3. The smallest absolute Gasteiger partial charge is 0.323 e. The van der Waals surface area contributed by atoms with E-state index in [-0.39, 0.29) is 5.92 Å². The molecule has 7 heteroatoms. The van der Waals surface area contributed by atoms with E-state index < -0.39 is 18.1 Å². The zero-order chi connectivity index (χ0) is 17.8. The Labute approximate surface area is 146 Å². The van der Waals surface area contributed by atoms with Crippen LogP contribution in [0.2, 0.25) is 0 Å². The lowest BCUT2D eigenvalue weighted by atomic mass is 9.79. The van der Waals surface area contributed by atoms with Gasteiger partial charge in [0.1, 0.15) is 6.04 Å². The number of nitrogens with two attached hydrogens (primary N) is 2. The predicted octanol–water partition coefficient (Wildman–Crippen LogP) is 1.67. The summed E-state index contributed by atoms with van der Waals surface area (Å²) in [7, 11) is 0. The number of nitrogens with zero attached hydrogens (tertiary/aromatic N) is 2. The molecule has 3 rings (SSSR count). The number of aryl methyl sites for hydroxylation is 1. The van der Waals surface area contributed by atoms with Crippen LogP contribution in [-0.4, -0.2) is 28.6 Å². The number of hydrogen-bond acceptors (Lipinski definition) is 7. The van der Waals surface area contributed by atoms with Gasteiger partial charge in [0.2, 0.25) is 5.95 Å². The fourth-order valence-electron chi connectivity index (χ4n) is 3.13. The van der Waals surface area contributed by atoms with Gasteiger partial charge in [0.05, 0.1) is 18.3 Å². The fourth-order valence-corrected chi connectivity index (χ4v) is 3.13. The van der Waals surface area contributed by atoms with Crippen molar-refractivity contribution in [3.8, 4) is 0 Å². The number of rotatable bonds is 5.